The third-order valence-corrected chi connectivity index (χ3v) is 8.62. The molecule has 164 valence electrons. The summed E-state index contributed by atoms with van der Waals surface area (Å²) in [6.45, 7) is 4.31. The van der Waals surface area contributed by atoms with Crippen LogP contribution in [0.5, 0.6) is 0 Å². The zero-order chi connectivity index (χ0) is 22.0. The molecule has 0 bridgehead atoms. The average Bonchev–Trinajstić information content (AvgIpc) is 3.44. The van der Waals surface area contributed by atoms with Gasteiger partial charge in [0.25, 0.3) is 10.0 Å². The van der Waals surface area contributed by atoms with Gasteiger partial charge >= 0.3 is 0 Å². The number of thiophene rings is 1. The molecule has 3 aromatic rings. The Kier molecular flexibility index (Phi) is 6.22. The third kappa shape index (κ3) is 4.70. The van der Waals surface area contributed by atoms with E-state index in [0.29, 0.717) is 36.7 Å². The fourth-order valence-electron chi connectivity index (χ4n) is 3.56. The first-order valence-electron chi connectivity index (χ1n) is 10.2. The summed E-state index contributed by atoms with van der Waals surface area (Å²) >= 11 is 1.12. The molecular weight excluding hydrogens is 436 g/mol. The standard InChI is InChI=1S/C21H24N4O4S2/c1-3-15-6-8-18(9-7-15)23-21(26)16-5-4-10-25(12-16)31(27,28)19-11-17(13-30-19)20-22-14(2)29-24-20/h6-9,11,13,16H,3-5,10,12H2,1-2H3,(H,23,26)/t16-/m0/s1. The summed E-state index contributed by atoms with van der Waals surface area (Å²) < 4.78 is 32.9. The van der Waals surface area contributed by atoms with Gasteiger partial charge in [0.05, 0.1) is 5.92 Å². The molecule has 0 unspecified atom stereocenters. The van der Waals surface area contributed by atoms with Crippen LogP contribution in [0.25, 0.3) is 11.4 Å². The predicted octanol–water partition coefficient (Wildman–Crippen LogP) is 3.71. The normalized spacial score (nSPS) is 17.5. The van der Waals surface area contributed by atoms with Crippen molar-refractivity contribution < 1.29 is 17.7 Å². The summed E-state index contributed by atoms with van der Waals surface area (Å²) in [6.07, 6.45) is 2.22. The number of nitrogens with one attached hydrogen (secondary N) is 1. The minimum Gasteiger partial charge on any atom is -0.339 e. The highest BCUT2D eigenvalue weighted by atomic mass is 32.2. The summed E-state index contributed by atoms with van der Waals surface area (Å²) in [5.41, 5.74) is 2.52. The van der Waals surface area contributed by atoms with Crippen molar-refractivity contribution >= 4 is 33.0 Å². The van der Waals surface area contributed by atoms with Gasteiger partial charge in [-0.3, -0.25) is 4.79 Å². The number of carbonyl (C=O) groups excluding carboxylic acids is 1. The molecule has 31 heavy (non-hydrogen) atoms. The topological polar surface area (TPSA) is 105 Å². The second-order valence-corrected chi connectivity index (χ2v) is 10.6. The molecule has 1 aliphatic rings. The Morgan fingerprint density at radius 1 is 1.32 bits per heavy atom. The van der Waals surface area contributed by atoms with Crippen LogP contribution in [0, 0.1) is 12.8 Å². The number of hydrogen-bond donors (Lipinski definition) is 1. The summed E-state index contributed by atoms with van der Waals surface area (Å²) in [4.78, 5) is 16.9. The number of nitrogens with zero attached hydrogens (tertiary/aromatic N) is 3. The van der Waals surface area contributed by atoms with Gasteiger partial charge in [-0.15, -0.1) is 11.3 Å². The molecule has 1 fully saturated rings. The lowest BCUT2D eigenvalue weighted by Crippen LogP contribution is -2.43. The monoisotopic (exact) mass is 460 g/mol. The van der Waals surface area contributed by atoms with Gasteiger partial charge in [-0.1, -0.05) is 24.2 Å². The van der Waals surface area contributed by atoms with Crippen LogP contribution in [-0.2, 0) is 21.2 Å². The fraction of sp³-hybridized carbons (Fsp3) is 0.381. The van der Waals surface area contributed by atoms with Crippen molar-refractivity contribution in [1.29, 1.82) is 0 Å². The van der Waals surface area contributed by atoms with Crippen molar-refractivity contribution in [3.05, 3.63) is 47.2 Å². The second kappa shape index (κ2) is 8.89. The molecule has 3 heterocycles. The molecule has 2 aromatic heterocycles. The maximum Gasteiger partial charge on any atom is 0.252 e. The highest BCUT2D eigenvalue weighted by molar-refractivity contribution is 7.91. The molecule has 10 heteroatoms. The van der Waals surface area contributed by atoms with E-state index in [1.807, 2.05) is 24.3 Å². The van der Waals surface area contributed by atoms with Gasteiger partial charge in [-0.2, -0.15) is 9.29 Å². The number of hydrogen-bond acceptors (Lipinski definition) is 7. The fourth-order valence-corrected chi connectivity index (χ4v) is 6.39. The molecule has 1 atom stereocenters. The van der Waals surface area contributed by atoms with Crippen LogP contribution in [0.1, 0.15) is 31.2 Å². The second-order valence-electron chi connectivity index (χ2n) is 7.53. The van der Waals surface area contributed by atoms with Gasteiger partial charge in [0.15, 0.2) is 0 Å². The van der Waals surface area contributed by atoms with E-state index in [4.69, 9.17) is 4.52 Å². The summed E-state index contributed by atoms with van der Waals surface area (Å²) in [7, 11) is -3.71. The van der Waals surface area contributed by atoms with Gasteiger partial charge in [-0.05, 0) is 43.0 Å². The third-order valence-electron chi connectivity index (χ3n) is 5.34. The Morgan fingerprint density at radius 2 is 2.10 bits per heavy atom. The summed E-state index contributed by atoms with van der Waals surface area (Å²) in [5, 5.41) is 8.46. The lowest BCUT2D eigenvalue weighted by molar-refractivity contribution is -0.120. The average molecular weight is 461 g/mol. The zero-order valence-corrected chi connectivity index (χ0v) is 19.0. The van der Waals surface area contributed by atoms with E-state index in [0.717, 1.165) is 23.4 Å². The predicted molar refractivity (Wildman–Crippen MR) is 118 cm³/mol. The van der Waals surface area contributed by atoms with Crippen LogP contribution < -0.4 is 5.32 Å². The molecule has 0 radical (unpaired) electrons. The van der Waals surface area contributed by atoms with Crippen molar-refractivity contribution in [2.75, 3.05) is 18.4 Å². The molecule has 8 nitrogen and oxygen atoms in total. The number of aromatic nitrogens is 2. The Hall–Kier alpha value is -2.56. The van der Waals surface area contributed by atoms with Crippen LogP contribution in [-0.4, -0.2) is 41.9 Å². The van der Waals surface area contributed by atoms with Gasteiger partial charge in [0.2, 0.25) is 17.6 Å². The van der Waals surface area contributed by atoms with Crippen LogP contribution >= 0.6 is 11.3 Å². The first kappa shape index (κ1) is 21.7. The van der Waals surface area contributed by atoms with Crippen LogP contribution in [0.3, 0.4) is 0 Å². The first-order valence-corrected chi connectivity index (χ1v) is 12.5. The van der Waals surface area contributed by atoms with E-state index in [1.165, 1.54) is 9.87 Å². The lowest BCUT2D eigenvalue weighted by Gasteiger charge is -2.30. The SMILES string of the molecule is CCc1ccc(NC(=O)[C@H]2CCCN(S(=O)(=O)c3cc(-c4noc(C)n4)cs3)C2)cc1. The maximum absolute atomic E-state index is 13.2. The number of amides is 1. The van der Waals surface area contributed by atoms with E-state index < -0.39 is 15.9 Å². The Labute approximate surface area is 185 Å². The summed E-state index contributed by atoms with van der Waals surface area (Å²) in [5.74, 6) is 0.229. The Balaban J connectivity index is 1.45. The van der Waals surface area contributed by atoms with E-state index in [2.05, 4.69) is 22.4 Å². The maximum atomic E-state index is 13.2. The van der Waals surface area contributed by atoms with Crippen LogP contribution in [0.15, 0.2) is 44.4 Å². The summed E-state index contributed by atoms with van der Waals surface area (Å²) in [6, 6.07) is 9.27. The van der Waals surface area contributed by atoms with Crippen molar-refractivity contribution in [2.24, 2.45) is 5.92 Å². The smallest absolute Gasteiger partial charge is 0.252 e. The van der Waals surface area contributed by atoms with Gasteiger partial charge in [0.1, 0.15) is 4.21 Å². The molecule has 1 aliphatic heterocycles. The number of rotatable bonds is 6. The Bertz CT molecular complexity index is 1170. The number of carbonyl (C=O) groups is 1. The van der Waals surface area contributed by atoms with Gasteiger partial charge in [0, 0.05) is 36.6 Å². The van der Waals surface area contributed by atoms with E-state index in [9.17, 15) is 13.2 Å². The van der Waals surface area contributed by atoms with Gasteiger partial charge < -0.3 is 9.84 Å². The molecular formula is C21H24N4O4S2. The van der Waals surface area contributed by atoms with Crippen molar-refractivity contribution in [1.82, 2.24) is 14.4 Å². The largest absolute Gasteiger partial charge is 0.339 e. The molecule has 0 saturated carbocycles. The van der Waals surface area contributed by atoms with Crippen LogP contribution in [0.2, 0.25) is 0 Å². The number of sulfonamides is 1. The van der Waals surface area contributed by atoms with Crippen LogP contribution in [0.4, 0.5) is 5.69 Å². The molecule has 1 N–H and O–H groups in total. The molecule has 0 spiro atoms. The van der Waals surface area contributed by atoms with E-state index in [-0.39, 0.29) is 16.7 Å². The minimum absolute atomic E-state index is 0.154. The number of aryl methyl sites for hydroxylation is 2. The van der Waals surface area contributed by atoms with Crippen molar-refractivity contribution in [3.63, 3.8) is 0 Å². The van der Waals surface area contributed by atoms with Crippen molar-refractivity contribution in [3.8, 4) is 11.4 Å². The lowest BCUT2D eigenvalue weighted by atomic mass is 9.98. The zero-order valence-electron chi connectivity index (χ0n) is 17.4. The quantitative estimate of drug-likeness (QED) is 0.601. The highest BCUT2D eigenvalue weighted by Gasteiger charge is 2.34. The Morgan fingerprint density at radius 3 is 2.77 bits per heavy atom. The van der Waals surface area contributed by atoms with Gasteiger partial charge in [-0.25, -0.2) is 8.42 Å². The van der Waals surface area contributed by atoms with Crippen molar-refractivity contribution in [2.45, 2.75) is 37.3 Å². The number of benzene rings is 1. The molecule has 1 saturated heterocycles. The highest BCUT2D eigenvalue weighted by Crippen LogP contribution is 2.31. The van der Waals surface area contributed by atoms with E-state index >= 15 is 0 Å². The minimum atomic E-state index is -3.71. The number of piperidine rings is 1. The molecule has 1 aromatic carbocycles. The molecule has 4 rings (SSSR count). The molecule has 0 aliphatic carbocycles. The number of anilines is 1. The van der Waals surface area contributed by atoms with E-state index in [1.54, 1.807) is 18.4 Å². The first-order chi connectivity index (χ1) is 14.9. The molecule has 1 amide bonds.